The maximum Gasteiger partial charge on any atom is 0.143 e. The van der Waals surface area contributed by atoms with Gasteiger partial charge in [0, 0.05) is 13.2 Å². The Hall–Kier alpha value is -0.740. The van der Waals surface area contributed by atoms with Crippen molar-refractivity contribution in [2.24, 2.45) is 0 Å². The predicted molar refractivity (Wildman–Crippen MR) is 58.2 cm³/mol. The number of rotatable bonds is 6. The number of ether oxygens (including phenoxy) is 3. The van der Waals surface area contributed by atoms with Gasteiger partial charge in [0.1, 0.15) is 23.6 Å². The first-order valence-electron chi connectivity index (χ1n) is 4.27. The third kappa shape index (κ3) is 3.98. The summed E-state index contributed by atoms with van der Waals surface area (Å²) in [7, 11) is 1.65. The Kier molecular flexibility index (Phi) is 5.40. The van der Waals surface area contributed by atoms with Gasteiger partial charge in [0.15, 0.2) is 0 Å². The summed E-state index contributed by atoms with van der Waals surface area (Å²) in [6.45, 7) is 1.14. The van der Waals surface area contributed by atoms with Crippen LogP contribution in [0.15, 0.2) is 24.3 Å². The van der Waals surface area contributed by atoms with Crippen molar-refractivity contribution in [3.63, 3.8) is 0 Å². The second-order valence-corrected chi connectivity index (χ2v) is 3.03. The number of benzene rings is 1. The van der Waals surface area contributed by atoms with Crippen molar-refractivity contribution in [2.45, 2.75) is 0 Å². The molecule has 1 aromatic rings. The maximum absolute atomic E-state index is 5.41. The molecule has 0 aliphatic carbocycles. The minimum absolute atomic E-state index is 0.481. The fourth-order valence-electron chi connectivity index (χ4n) is 0.960. The van der Waals surface area contributed by atoms with E-state index in [0.29, 0.717) is 18.7 Å². The third-order valence-electron chi connectivity index (χ3n) is 1.58. The summed E-state index contributed by atoms with van der Waals surface area (Å²) in [6, 6.07) is 7.50. The van der Waals surface area contributed by atoms with Crippen molar-refractivity contribution >= 4 is 15.9 Å². The molecule has 1 rings (SSSR count). The fraction of sp³-hybridized carbons (Fsp3) is 0.400. The summed E-state index contributed by atoms with van der Waals surface area (Å²) in [5.41, 5.74) is 0.481. The maximum atomic E-state index is 5.41. The average molecular weight is 261 g/mol. The Labute approximate surface area is 92.1 Å². The zero-order valence-electron chi connectivity index (χ0n) is 8.03. The monoisotopic (exact) mass is 260 g/mol. The van der Waals surface area contributed by atoms with E-state index in [1.54, 1.807) is 7.11 Å². The standard InChI is InChI=1S/C10H13BrO3/c1-12-5-6-13-9-3-2-4-10(7-9)14-8-11/h2-4,7H,5-6,8H2,1H3. The average Bonchev–Trinajstić information content (AvgIpc) is 2.19. The minimum Gasteiger partial charge on any atom is -0.491 e. The quantitative estimate of drug-likeness (QED) is 0.581. The van der Waals surface area contributed by atoms with Gasteiger partial charge in [-0.05, 0) is 28.1 Å². The molecule has 4 heteroatoms. The van der Waals surface area contributed by atoms with Gasteiger partial charge in [0.25, 0.3) is 0 Å². The van der Waals surface area contributed by atoms with Crippen LogP contribution in [0.1, 0.15) is 0 Å². The van der Waals surface area contributed by atoms with Gasteiger partial charge in [-0.25, -0.2) is 0 Å². The van der Waals surface area contributed by atoms with Crippen LogP contribution in [0.3, 0.4) is 0 Å². The molecule has 0 saturated heterocycles. The zero-order valence-corrected chi connectivity index (χ0v) is 9.62. The van der Waals surface area contributed by atoms with Gasteiger partial charge >= 0.3 is 0 Å². The molecule has 0 heterocycles. The van der Waals surface area contributed by atoms with E-state index in [4.69, 9.17) is 14.2 Å². The molecule has 0 atom stereocenters. The molecule has 0 unspecified atom stereocenters. The molecule has 14 heavy (non-hydrogen) atoms. The highest BCUT2D eigenvalue weighted by atomic mass is 79.9. The van der Waals surface area contributed by atoms with Crippen molar-refractivity contribution in [1.29, 1.82) is 0 Å². The minimum atomic E-state index is 0.481. The van der Waals surface area contributed by atoms with E-state index >= 15 is 0 Å². The van der Waals surface area contributed by atoms with E-state index in [1.165, 1.54) is 0 Å². The van der Waals surface area contributed by atoms with Crippen molar-refractivity contribution in [3.8, 4) is 11.5 Å². The molecule has 0 N–H and O–H groups in total. The number of hydrogen-bond donors (Lipinski definition) is 0. The van der Waals surface area contributed by atoms with Crippen molar-refractivity contribution in [3.05, 3.63) is 24.3 Å². The molecular formula is C10H13BrO3. The Bertz CT molecular complexity index is 265. The van der Waals surface area contributed by atoms with Crippen molar-refractivity contribution in [2.75, 3.05) is 25.8 Å². The molecule has 0 saturated carbocycles. The van der Waals surface area contributed by atoms with Gasteiger partial charge in [-0.2, -0.15) is 0 Å². The van der Waals surface area contributed by atoms with Crippen LogP contribution in [0.25, 0.3) is 0 Å². The van der Waals surface area contributed by atoms with Crippen LogP contribution in [0.2, 0.25) is 0 Å². The second kappa shape index (κ2) is 6.68. The molecule has 1 aromatic carbocycles. The molecule has 0 radical (unpaired) electrons. The molecule has 0 aliphatic heterocycles. The van der Waals surface area contributed by atoms with Gasteiger partial charge in [-0.15, -0.1) is 0 Å². The topological polar surface area (TPSA) is 27.7 Å². The molecule has 0 spiro atoms. The van der Waals surface area contributed by atoms with Crippen molar-refractivity contribution < 1.29 is 14.2 Å². The molecule has 0 aromatic heterocycles. The van der Waals surface area contributed by atoms with E-state index in [9.17, 15) is 0 Å². The Morgan fingerprint density at radius 3 is 2.50 bits per heavy atom. The summed E-state index contributed by atoms with van der Waals surface area (Å²) in [5, 5.41) is 0. The van der Waals surface area contributed by atoms with E-state index in [2.05, 4.69) is 15.9 Å². The van der Waals surface area contributed by atoms with E-state index in [0.717, 1.165) is 11.5 Å². The summed E-state index contributed by atoms with van der Waals surface area (Å²) in [4.78, 5) is 0. The summed E-state index contributed by atoms with van der Waals surface area (Å²) >= 11 is 3.19. The van der Waals surface area contributed by atoms with Crippen LogP contribution in [-0.4, -0.2) is 25.8 Å². The number of methoxy groups -OCH3 is 1. The summed E-state index contributed by atoms with van der Waals surface area (Å²) < 4.78 is 15.5. The summed E-state index contributed by atoms with van der Waals surface area (Å²) in [6.07, 6.45) is 0. The Balaban J connectivity index is 2.46. The Morgan fingerprint density at radius 2 is 1.86 bits per heavy atom. The number of alkyl halides is 1. The highest BCUT2D eigenvalue weighted by molar-refractivity contribution is 9.09. The number of hydrogen-bond acceptors (Lipinski definition) is 3. The lowest BCUT2D eigenvalue weighted by Gasteiger charge is -2.07. The van der Waals surface area contributed by atoms with Gasteiger partial charge < -0.3 is 14.2 Å². The molecule has 0 fully saturated rings. The van der Waals surface area contributed by atoms with Crippen LogP contribution >= 0.6 is 15.9 Å². The smallest absolute Gasteiger partial charge is 0.143 e. The summed E-state index contributed by atoms with van der Waals surface area (Å²) in [5.74, 6) is 1.58. The SMILES string of the molecule is COCCOc1cccc(OCBr)c1. The van der Waals surface area contributed by atoms with Gasteiger partial charge in [0.2, 0.25) is 0 Å². The molecule has 0 amide bonds. The van der Waals surface area contributed by atoms with E-state index < -0.39 is 0 Å². The van der Waals surface area contributed by atoms with Gasteiger partial charge in [-0.1, -0.05) is 6.07 Å². The lowest BCUT2D eigenvalue weighted by molar-refractivity contribution is 0.146. The molecule has 3 nitrogen and oxygen atoms in total. The normalized spacial score (nSPS) is 9.86. The van der Waals surface area contributed by atoms with Crippen LogP contribution in [0, 0.1) is 0 Å². The van der Waals surface area contributed by atoms with Crippen LogP contribution in [0.5, 0.6) is 11.5 Å². The predicted octanol–water partition coefficient (Wildman–Crippen LogP) is 2.44. The Morgan fingerprint density at radius 1 is 1.14 bits per heavy atom. The zero-order chi connectivity index (χ0) is 10.2. The molecule has 0 bridgehead atoms. The lowest BCUT2D eigenvalue weighted by atomic mass is 10.3. The van der Waals surface area contributed by atoms with Crippen LogP contribution in [-0.2, 0) is 4.74 Å². The first kappa shape index (κ1) is 11.3. The van der Waals surface area contributed by atoms with Gasteiger partial charge in [0.05, 0.1) is 6.61 Å². The van der Waals surface area contributed by atoms with Gasteiger partial charge in [-0.3, -0.25) is 0 Å². The van der Waals surface area contributed by atoms with Crippen molar-refractivity contribution in [1.82, 2.24) is 0 Å². The largest absolute Gasteiger partial charge is 0.491 e. The first-order chi connectivity index (χ1) is 6.86. The molecule has 0 aliphatic rings. The lowest BCUT2D eigenvalue weighted by Crippen LogP contribution is -2.04. The highest BCUT2D eigenvalue weighted by Gasteiger charge is 1.96. The van der Waals surface area contributed by atoms with E-state index in [1.807, 2.05) is 24.3 Å². The highest BCUT2D eigenvalue weighted by Crippen LogP contribution is 2.19. The van der Waals surface area contributed by atoms with E-state index in [-0.39, 0.29) is 0 Å². The molecular weight excluding hydrogens is 248 g/mol. The van der Waals surface area contributed by atoms with Crippen LogP contribution in [0.4, 0.5) is 0 Å². The fourth-order valence-corrected chi connectivity index (χ4v) is 1.22. The number of halogens is 1. The third-order valence-corrected chi connectivity index (χ3v) is 1.81. The second-order valence-electron chi connectivity index (χ2n) is 2.57. The molecule has 78 valence electrons. The first-order valence-corrected chi connectivity index (χ1v) is 5.39. The van der Waals surface area contributed by atoms with Crippen LogP contribution < -0.4 is 9.47 Å².